The van der Waals surface area contributed by atoms with Crippen LogP contribution in [0.3, 0.4) is 0 Å². The maximum absolute atomic E-state index is 5.90. The number of H-pyrrole nitrogens is 1. The van der Waals surface area contributed by atoms with Crippen molar-refractivity contribution in [3.63, 3.8) is 0 Å². The zero-order valence-electron chi connectivity index (χ0n) is 17.3. The highest BCUT2D eigenvalue weighted by Crippen LogP contribution is 2.69. The number of hydrogen-bond donors (Lipinski definition) is 2. The minimum absolute atomic E-state index is 0.0294. The number of aryl methyl sites for hydroxylation is 1. The molecule has 1 aliphatic carbocycles. The molecule has 1 aliphatic rings. The first-order valence-electron chi connectivity index (χ1n) is 9.67. The molecule has 4 rings (SSSR count). The van der Waals surface area contributed by atoms with Crippen LogP contribution in [0.2, 0.25) is 0 Å². The summed E-state index contributed by atoms with van der Waals surface area (Å²) >= 11 is 0. The molecule has 1 saturated carbocycles. The molecule has 0 amide bonds. The Balaban J connectivity index is 1.82. The number of nitrogens with one attached hydrogen (secondary N) is 1. The summed E-state index contributed by atoms with van der Waals surface area (Å²) in [5.41, 5.74) is 8.93. The second kappa shape index (κ2) is 6.36. The summed E-state index contributed by atoms with van der Waals surface area (Å²) in [4.78, 5) is 12.6. The van der Waals surface area contributed by atoms with E-state index in [1.54, 1.807) is 7.11 Å². The minimum atomic E-state index is 0.0294. The summed E-state index contributed by atoms with van der Waals surface area (Å²) < 4.78 is 7.38. The van der Waals surface area contributed by atoms with E-state index in [0.29, 0.717) is 5.95 Å². The smallest absolute Gasteiger partial charge is 0.197 e. The summed E-state index contributed by atoms with van der Waals surface area (Å²) in [5.74, 6) is 3.82. The van der Waals surface area contributed by atoms with Gasteiger partial charge >= 0.3 is 0 Å². The number of nitrogen functional groups attached to an aromatic ring is 1. The normalized spacial score (nSPS) is 20.5. The van der Waals surface area contributed by atoms with Crippen LogP contribution in [0.4, 0.5) is 5.95 Å². The zero-order chi connectivity index (χ0) is 20.2. The van der Waals surface area contributed by atoms with Gasteiger partial charge in [-0.2, -0.15) is 5.10 Å². The largest absolute Gasteiger partial charge is 0.497 e. The highest BCUT2D eigenvalue weighted by atomic mass is 16.5. The predicted molar refractivity (Wildman–Crippen MR) is 109 cm³/mol. The standard InChI is InChI=1S/C21H28N6O/c1-11(2)18-25-19(27(26-18)13-8-7-9-14(10-13)28-6)16-15(21(16,4)5)17-12(3)23-20(22)24-17/h7-11,15-16H,1-6H3,(H3,22,23,24)/t15-,16-/m0/s1. The van der Waals surface area contributed by atoms with Crippen molar-refractivity contribution in [3.8, 4) is 11.4 Å². The lowest BCUT2D eigenvalue weighted by atomic mass is 10.1. The minimum Gasteiger partial charge on any atom is -0.497 e. The Labute approximate surface area is 165 Å². The number of benzene rings is 1. The maximum atomic E-state index is 5.90. The molecular formula is C21H28N6O. The Kier molecular flexibility index (Phi) is 4.21. The van der Waals surface area contributed by atoms with E-state index in [9.17, 15) is 0 Å². The van der Waals surface area contributed by atoms with Crippen molar-refractivity contribution >= 4 is 5.95 Å². The van der Waals surface area contributed by atoms with Gasteiger partial charge in [-0.15, -0.1) is 0 Å². The summed E-state index contributed by atoms with van der Waals surface area (Å²) in [5, 5.41) is 4.84. The SMILES string of the molecule is COc1cccc(-n2nc(C(C)C)nc2[C@@H]2[C@@H](c3[nH]c(N)nc3C)C2(C)C)c1. The maximum Gasteiger partial charge on any atom is 0.197 e. The van der Waals surface area contributed by atoms with Crippen LogP contribution >= 0.6 is 0 Å². The van der Waals surface area contributed by atoms with Crippen molar-refractivity contribution in [2.75, 3.05) is 12.8 Å². The summed E-state index contributed by atoms with van der Waals surface area (Å²) in [6.07, 6.45) is 0. The number of nitrogens with two attached hydrogens (primary N) is 1. The van der Waals surface area contributed by atoms with Crippen molar-refractivity contribution in [1.82, 2.24) is 24.7 Å². The average Bonchev–Trinajstić information content (AvgIpc) is 2.96. The van der Waals surface area contributed by atoms with Gasteiger partial charge in [0.05, 0.1) is 18.5 Å². The summed E-state index contributed by atoms with van der Waals surface area (Å²) in [6, 6.07) is 7.94. The van der Waals surface area contributed by atoms with E-state index in [1.165, 1.54) is 0 Å². The monoisotopic (exact) mass is 380 g/mol. The van der Waals surface area contributed by atoms with Crippen LogP contribution in [0.1, 0.15) is 68.5 Å². The lowest BCUT2D eigenvalue weighted by molar-refractivity contribution is 0.414. The van der Waals surface area contributed by atoms with Crippen LogP contribution in [0.15, 0.2) is 24.3 Å². The first-order valence-corrected chi connectivity index (χ1v) is 9.67. The number of methoxy groups -OCH3 is 1. The number of rotatable bonds is 5. The number of anilines is 1. The Bertz CT molecular complexity index is 1020. The van der Waals surface area contributed by atoms with Gasteiger partial charge in [-0.1, -0.05) is 33.8 Å². The molecule has 0 bridgehead atoms. The van der Waals surface area contributed by atoms with Gasteiger partial charge in [0.25, 0.3) is 0 Å². The van der Waals surface area contributed by atoms with Crippen LogP contribution in [-0.2, 0) is 0 Å². The van der Waals surface area contributed by atoms with Gasteiger partial charge in [-0.05, 0) is 24.5 Å². The molecule has 3 N–H and O–H groups in total. The molecule has 28 heavy (non-hydrogen) atoms. The lowest BCUT2D eigenvalue weighted by Gasteiger charge is -2.08. The van der Waals surface area contributed by atoms with Gasteiger partial charge < -0.3 is 15.5 Å². The molecule has 0 unspecified atom stereocenters. The molecule has 0 aliphatic heterocycles. The molecule has 3 aromatic rings. The highest BCUT2D eigenvalue weighted by molar-refractivity contribution is 5.44. The van der Waals surface area contributed by atoms with Crippen molar-refractivity contribution in [2.24, 2.45) is 5.41 Å². The van der Waals surface area contributed by atoms with E-state index in [4.69, 9.17) is 20.6 Å². The van der Waals surface area contributed by atoms with Crippen molar-refractivity contribution in [2.45, 2.75) is 52.4 Å². The molecule has 1 fully saturated rings. The Morgan fingerprint density at radius 1 is 1.21 bits per heavy atom. The number of aromatic nitrogens is 5. The van der Waals surface area contributed by atoms with E-state index < -0.39 is 0 Å². The third kappa shape index (κ3) is 2.85. The van der Waals surface area contributed by atoms with E-state index in [-0.39, 0.29) is 23.2 Å². The Morgan fingerprint density at radius 3 is 2.57 bits per heavy atom. The average molecular weight is 380 g/mol. The molecule has 7 nitrogen and oxygen atoms in total. The number of hydrogen-bond acceptors (Lipinski definition) is 5. The molecule has 0 radical (unpaired) electrons. The van der Waals surface area contributed by atoms with Crippen LogP contribution in [0.25, 0.3) is 5.69 Å². The fourth-order valence-electron chi connectivity index (χ4n) is 4.18. The van der Waals surface area contributed by atoms with Gasteiger partial charge in [0, 0.05) is 29.5 Å². The number of imidazole rings is 1. The zero-order valence-corrected chi connectivity index (χ0v) is 17.3. The van der Waals surface area contributed by atoms with Crippen LogP contribution in [0.5, 0.6) is 5.75 Å². The second-order valence-corrected chi connectivity index (χ2v) is 8.49. The van der Waals surface area contributed by atoms with Gasteiger partial charge in [0.1, 0.15) is 11.6 Å². The molecule has 0 spiro atoms. The number of aromatic amines is 1. The summed E-state index contributed by atoms with van der Waals surface area (Å²) in [7, 11) is 1.67. The molecular weight excluding hydrogens is 352 g/mol. The molecule has 148 valence electrons. The van der Waals surface area contributed by atoms with Gasteiger partial charge in [-0.25, -0.2) is 14.6 Å². The van der Waals surface area contributed by atoms with Crippen molar-refractivity contribution in [3.05, 3.63) is 47.3 Å². The molecule has 1 aromatic carbocycles. The van der Waals surface area contributed by atoms with Gasteiger partial charge in [-0.3, -0.25) is 0 Å². The van der Waals surface area contributed by atoms with Crippen molar-refractivity contribution < 1.29 is 4.74 Å². The molecule has 0 saturated heterocycles. The van der Waals surface area contributed by atoms with Crippen molar-refractivity contribution in [1.29, 1.82) is 0 Å². The quantitative estimate of drug-likeness (QED) is 0.699. The lowest BCUT2D eigenvalue weighted by Crippen LogP contribution is -2.04. The van der Waals surface area contributed by atoms with Crippen LogP contribution in [-0.4, -0.2) is 31.8 Å². The topological polar surface area (TPSA) is 94.6 Å². The fraction of sp³-hybridized carbons (Fsp3) is 0.476. The molecule has 2 atom stereocenters. The van der Waals surface area contributed by atoms with Gasteiger partial charge in [0.2, 0.25) is 0 Å². The molecule has 2 aromatic heterocycles. The van der Waals surface area contributed by atoms with E-state index in [0.717, 1.165) is 34.5 Å². The van der Waals surface area contributed by atoms with Crippen LogP contribution in [0, 0.1) is 12.3 Å². The predicted octanol–water partition coefficient (Wildman–Crippen LogP) is 3.92. The fourth-order valence-corrected chi connectivity index (χ4v) is 4.18. The third-order valence-electron chi connectivity index (χ3n) is 5.82. The third-order valence-corrected chi connectivity index (χ3v) is 5.82. The van der Waals surface area contributed by atoms with Crippen LogP contribution < -0.4 is 10.5 Å². The first kappa shape index (κ1) is 18.5. The van der Waals surface area contributed by atoms with E-state index >= 15 is 0 Å². The van der Waals surface area contributed by atoms with E-state index in [1.807, 2.05) is 35.9 Å². The second-order valence-electron chi connectivity index (χ2n) is 8.49. The Hall–Kier alpha value is -2.83. The first-order chi connectivity index (χ1) is 13.2. The summed E-state index contributed by atoms with van der Waals surface area (Å²) in [6.45, 7) is 10.8. The molecule has 7 heteroatoms. The van der Waals surface area contributed by atoms with E-state index in [2.05, 4.69) is 37.7 Å². The van der Waals surface area contributed by atoms with Gasteiger partial charge in [0.15, 0.2) is 11.8 Å². The highest BCUT2D eigenvalue weighted by Gasteiger charge is 2.62. The number of nitrogens with zero attached hydrogens (tertiary/aromatic N) is 4. The Morgan fingerprint density at radius 2 is 1.96 bits per heavy atom. The molecule has 2 heterocycles. The number of ether oxygens (including phenoxy) is 1.